The van der Waals surface area contributed by atoms with Crippen LogP contribution in [-0.2, 0) is 0 Å². The summed E-state index contributed by atoms with van der Waals surface area (Å²) in [5.74, 6) is 0. The van der Waals surface area contributed by atoms with Gasteiger partial charge >= 0.3 is 0 Å². The average Bonchev–Trinajstić information content (AvgIpc) is 3.58. The van der Waals surface area contributed by atoms with Gasteiger partial charge in [-0.1, -0.05) is 91.0 Å². The van der Waals surface area contributed by atoms with E-state index in [-0.39, 0.29) is 0 Å². The van der Waals surface area contributed by atoms with Gasteiger partial charge in [0.05, 0.1) is 5.56 Å². The Morgan fingerprint density at radius 1 is 0.400 bits per heavy atom. The average molecular weight is 544 g/mol. The van der Waals surface area contributed by atoms with Crippen molar-refractivity contribution < 1.29 is 0 Å². The molecule has 8 aromatic rings. The molecule has 3 heteroatoms. The topological polar surface area (TPSA) is 23.8 Å². The first kappa shape index (κ1) is 23.2. The number of nitriles is 1. The van der Waals surface area contributed by atoms with Crippen molar-refractivity contribution in [3.05, 3.63) is 133 Å². The second kappa shape index (κ2) is 9.17. The molecule has 2 aromatic heterocycles. The summed E-state index contributed by atoms with van der Waals surface area (Å²) in [5.41, 5.74) is 7.02. The molecule has 8 rings (SSSR count). The largest absolute Gasteiger partial charge is 0.192 e. The third kappa shape index (κ3) is 3.66. The highest BCUT2D eigenvalue weighted by Crippen LogP contribution is 2.42. The van der Waals surface area contributed by atoms with E-state index >= 15 is 0 Å². The molecule has 0 aliphatic rings. The van der Waals surface area contributed by atoms with E-state index in [1.807, 2.05) is 29.5 Å². The van der Waals surface area contributed by atoms with Gasteiger partial charge in [-0.2, -0.15) is 5.26 Å². The maximum Gasteiger partial charge on any atom is 0.100 e. The first-order chi connectivity index (χ1) is 19.8. The Balaban J connectivity index is 1.38. The van der Waals surface area contributed by atoms with Crippen LogP contribution in [0.1, 0.15) is 5.56 Å². The summed E-state index contributed by atoms with van der Waals surface area (Å²) >= 11 is 3.64. The summed E-state index contributed by atoms with van der Waals surface area (Å²) in [7, 11) is 0. The van der Waals surface area contributed by atoms with Gasteiger partial charge in [0.1, 0.15) is 6.07 Å². The predicted molar refractivity (Wildman–Crippen MR) is 173 cm³/mol. The molecule has 186 valence electrons. The molecule has 0 aliphatic heterocycles. The third-order valence-corrected chi connectivity index (χ3v) is 10.0. The van der Waals surface area contributed by atoms with Gasteiger partial charge in [0.25, 0.3) is 0 Å². The van der Waals surface area contributed by atoms with Gasteiger partial charge in [0.15, 0.2) is 0 Å². The summed E-state index contributed by atoms with van der Waals surface area (Å²) in [6.07, 6.45) is 0. The Kier molecular flexibility index (Phi) is 5.31. The molecule has 0 bridgehead atoms. The number of rotatable bonds is 3. The Morgan fingerprint density at radius 2 is 0.900 bits per heavy atom. The molecule has 0 saturated heterocycles. The summed E-state index contributed by atoms with van der Waals surface area (Å²) in [5, 5.41) is 15.6. The minimum absolute atomic E-state index is 0.707. The van der Waals surface area contributed by atoms with Crippen molar-refractivity contribution in [3.63, 3.8) is 0 Å². The Labute approximate surface area is 239 Å². The van der Waals surface area contributed by atoms with Crippen LogP contribution in [0.3, 0.4) is 0 Å². The van der Waals surface area contributed by atoms with Crippen molar-refractivity contribution >= 4 is 63.0 Å². The van der Waals surface area contributed by atoms with Gasteiger partial charge in [-0.25, -0.2) is 0 Å². The zero-order valence-corrected chi connectivity index (χ0v) is 23.0. The van der Waals surface area contributed by atoms with Crippen molar-refractivity contribution in [2.24, 2.45) is 0 Å². The number of nitrogens with zero attached hydrogens (tertiary/aromatic N) is 1. The minimum atomic E-state index is 0.707. The van der Waals surface area contributed by atoms with Gasteiger partial charge in [-0.05, 0) is 58.7 Å². The van der Waals surface area contributed by atoms with Crippen LogP contribution in [0, 0.1) is 11.3 Å². The van der Waals surface area contributed by atoms with Crippen LogP contribution in [0.4, 0.5) is 0 Å². The molecule has 0 amide bonds. The van der Waals surface area contributed by atoms with Crippen molar-refractivity contribution in [3.8, 4) is 39.4 Å². The predicted octanol–water partition coefficient (Wildman–Crippen LogP) is 11.3. The lowest BCUT2D eigenvalue weighted by Gasteiger charge is -2.14. The SMILES string of the molecule is N#Cc1c(-c2ccccc2)cc(-c2ccc3c(c2)sc2ccccc23)cc1-c1ccc2c(c1)sc1ccccc12. The van der Waals surface area contributed by atoms with Crippen molar-refractivity contribution in [2.45, 2.75) is 0 Å². The minimum Gasteiger partial charge on any atom is -0.192 e. The molecule has 1 nitrogen and oxygen atoms in total. The van der Waals surface area contributed by atoms with E-state index in [0.29, 0.717) is 5.56 Å². The molecule has 2 heterocycles. The van der Waals surface area contributed by atoms with E-state index in [0.717, 1.165) is 33.4 Å². The van der Waals surface area contributed by atoms with Crippen LogP contribution in [0.25, 0.3) is 73.7 Å². The Hall–Kier alpha value is -4.75. The van der Waals surface area contributed by atoms with Gasteiger partial charge in [-0.3, -0.25) is 0 Å². The van der Waals surface area contributed by atoms with Gasteiger partial charge in [0, 0.05) is 51.5 Å². The van der Waals surface area contributed by atoms with Gasteiger partial charge in [0.2, 0.25) is 0 Å². The third-order valence-electron chi connectivity index (χ3n) is 7.74. The first-order valence-corrected chi connectivity index (χ1v) is 14.9. The van der Waals surface area contributed by atoms with Crippen LogP contribution >= 0.6 is 22.7 Å². The molecule has 0 saturated carbocycles. The number of thiophene rings is 2. The first-order valence-electron chi connectivity index (χ1n) is 13.2. The maximum atomic E-state index is 10.5. The second-order valence-corrected chi connectivity index (χ2v) is 12.2. The lowest BCUT2D eigenvalue weighted by Crippen LogP contribution is -1.92. The van der Waals surface area contributed by atoms with Crippen LogP contribution < -0.4 is 0 Å². The van der Waals surface area contributed by atoms with Crippen LogP contribution in [0.5, 0.6) is 0 Å². The summed E-state index contributed by atoms with van der Waals surface area (Å²) in [6, 6.07) is 47.8. The van der Waals surface area contributed by atoms with Crippen LogP contribution in [0.15, 0.2) is 127 Å². The number of benzene rings is 6. The van der Waals surface area contributed by atoms with Gasteiger partial charge < -0.3 is 0 Å². The van der Waals surface area contributed by atoms with Crippen molar-refractivity contribution in [1.82, 2.24) is 0 Å². The Bertz CT molecular complexity index is 2280. The molecular formula is C37H21NS2. The highest BCUT2D eigenvalue weighted by atomic mass is 32.1. The van der Waals surface area contributed by atoms with E-state index in [4.69, 9.17) is 0 Å². The molecule has 0 spiro atoms. The maximum absolute atomic E-state index is 10.5. The number of hydrogen-bond acceptors (Lipinski definition) is 3. The van der Waals surface area contributed by atoms with Gasteiger partial charge in [-0.15, -0.1) is 22.7 Å². The highest BCUT2D eigenvalue weighted by molar-refractivity contribution is 7.26. The van der Waals surface area contributed by atoms with E-state index < -0.39 is 0 Å². The lowest BCUT2D eigenvalue weighted by atomic mass is 9.88. The molecule has 0 atom stereocenters. The quantitative estimate of drug-likeness (QED) is 0.217. The molecule has 0 radical (unpaired) electrons. The van der Waals surface area contributed by atoms with E-state index in [9.17, 15) is 5.26 Å². The Morgan fingerprint density at radius 3 is 1.52 bits per heavy atom. The second-order valence-electron chi connectivity index (χ2n) is 10.0. The summed E-state index contributed by atoms with van der Waals surface area (Å²) in [4.78, 5) is 0. The van der Waals surface area contributed by atoms with E-state index in [1.54, 1.807) is 11.3 Å². The lowest BCUT2D eigenvalue weighted by molar-refractivity contribution is 1.47. The molecule has 0 unspecified atom stereocenters. The normalized spacial score (nSPS) is 11.5. The fourth-order valence-electron chi connectivity index (χ4n) is 5.80. The van der Waals surface area contributed by atoms with Crippen molar-refractivity contribution in [1.29, 1.82) is 5.26 Å². The molecule has 6 aromatic carbocycles. The monoisotopic (exact) mass is 543 g/mol. The number of fused-ring (bicyclic) bond motifs is 6. The zero-order chi connectivity index (χ0) is 26.6. The smallest absolute Gasteiger partial charge is 0.100 e. The molecule has 0 fully saturated rings. The molecular weight excluding hydrogens is 523 g/mol. The van der Waals surface area contributed by atoms with Crippen molar-refractivity contribution in [2.75, 3.05) is 0 Å². The standard InChI is InChI=1S/C37H21NS2/c38-22-33-31(23-8-2-1-3-9-23)18-26(24-14-16-29-27-10-4-6-12-34(27)39-36(29)20-24)19-32(33)25-15-17-30-28-11-5-7-13-35(28)40-37(30)21-25/h1-21H. The molecule has 40 heavy (non-hydrogen) atoms. The summed E-state index contributed by atoms with van der Waals surface area (Å²) in [6.45, 7) is 0. The fourth-order valence-corrected chi connectivity index (χ4v) is 8.09. The molecule has 0 N–H and O–H groups in total. The zero-order valence-electron chi connectivity index (χ0n) is 21.4. The van der Waals surface area contributed by atoms with Crippen LogP contribution in [-0.4, -0.2) is 0 Å². The number of hydrogen-bond donors (Lipinski definition) is 0. The van der Waals surface area contributed by atoms with E-state index in [2.05, 4.69) is 115 Å². The van der Waals surface area contributed by atoms with E-state index in [1.165, 1.54) is 40.3 Å². The summed E-state index contributed by atoms with van der Waals surface area (Å²) < 4.78 is 5.10. The fraction of sp³-hybridized carbons (Fsp3) is 0. The molecule has 0 aliphatic carbocycles. The highest BCUT2D eigenvalue weighted by Gasteiger charge is 2.17. The van der Waals surface area contributed by atoms with Crippen LogP contribution in [0.2, 0.25) is 0 Å².